The van der Waals surface area contributed by atoms with Crippen molar-refractivity contribution in [2.24, 2.45) is 0 Å². The van der Waals surface area contributed by atoms with Crippen LogP contribution < -0.4 is 5.32 Å². The summed E-state index contributed by atoms with van der Waals surface area (Å²) in [4.78, 5) is 10.7. The molecule has 2 heterocycles. The zero-order valence-corrected chi connectivity index (χ0v) is 14.5. The molecule has 0 bridgehead atoms. The van der Waals surface area contributed by atoms with E-state index in [9.17, 15) is 0 Å². The quantitative estimate of drug-likeness (QED) is 0.807. The second kappa shape index (κ2) is 7.18. The Morgan fingerprint density at radius 2 is 2.15 bits per heavy atom. The fourth-order valence-electron chi connectivity index (χ4n) is 1.90. The van der Waals surface area contributed by atoms with E-state index in [-0.39, 0.29) is 0 Å². The zero-order chi connectivity index (χ0) is 14.5. The fourth-order valence-corrected chi connectivity index (χ4v) is 3.38. The van der Waals surface area contributed by atoms with Gasteiger partial charge in [0, 0.05) is 17.8 Å². The summed E-state index contributed by atoms with van der Waals surface area (Å²) < 4.78 is 0.996. The van der Waals surface area contributed by atoms with E-state index in [1.54, 1.807) is 11.3 Å². The summed E-state index contributed by atoms with van der Waals surface area (Å²) in [6, 6.07) is 4.20. The third-order valence-electron chi connectivity index (χ3n) is 2.92. The molecule has 0 fully saturated rings. The molecule has 0 aliphatic heterocycles. The van der Waals surface area contributed by atoms with E-state index in [0.717, 1.165) is 41.2 Å². The van der Waals surface area contributed by atoms with Crippen molar-refractivity contribution in [3.05, 3.63) is 38.4 Å². The predicted octanol–water partition coefficient (Wildman–Crippen LogP) is 4.84. The highest BCUT2D eigenvalue weighted by Gasteiger charge is 2.15. The van der Waals surface area contributed by atoms with E-state index >= 15 is 0 Å². The molecule has 2 aromatic heterocycles. The van der Waals surface area contributed by atoms with Gasteiger partial charge in [-0.25, -0.2) is 9.97 Å². The van der Waals surface area contributed by atoms with Crippen LogP contribution in [-0.2, 0) is 6.42 Å². The molecule has 0 spiro atoms. The van der Waals surface area contributed by atoms with E-state index < -0.39 is 0 Å². The molecule has 0 atom stereocenters. The number of rotatable bonds is 6. The maximum Gasteiger partial charge on any atom is 0.144 e. The molecule has 0 aliphatic carbocycles. The summed E-state index contributed by atoms with van der Waals surface area (Å²) in [5.41, 5.74) is 1.07. The molecular formula is C15H20BrN3S. The minimum Gasteiger partial charge on any atom is -0.369 e. The smallest absolute Gasteiger partial charge is 0.144 e. The lowest BCUT2D eigenvalue weighted by Crippen LogP contribution is -2.10. The highest BCUT2D eigenvalue weighted by atomic mass is 79.9. The Kier molecular flexibility index (Phi) is 5.54. The van der Waals surface area contributed by atoms with Crippen molar-refractivity contribution >= 4 is 33.1 Å². The Labute approximate surface area is 133 Å². The molecule has 2 rings (SSSR count). The van der Waals surface area contributed by atoms with E-state index in [1.165, 1.54) is 4.88 Å². The second-order valence-electron chi connectivity index (χ2n) is 5.03. The van der Waals surface area contributed by atoms with Gasteiger partial charge >= 0.3 is 0 Å². The van der Waals surface area contributed by atoms with Crippen LogP contribution in [0.25, 0.3) is 0 Å². The number of anilines is 1. The molecule has 108 valence electrons. The molecule has 0 unspecified atom stereocenters. The van der Waals surface area contributed by atoms with Gasteiger partial charge in [0.15, 0.2) is 0 Å². The van der Waals surface area contributed by atoms with Crippen molar-refractivity contribution in [2.75, 3.05) is 11.9 Å². The third-order valence-corrected chi connectivity index (χ3v) is 4.58. The van der Waals surface area contributed by atoms with Gasteiger partial charge in [0.2, 0.25) is 0 Å². The number of nitrogens with one attached hydrogen (secondary N) is 1. The Morgan fingerprint density at radius 3 is 2.75 bits per heavy atom. The maximum absolute atomic E-state index is 4.72. The molecule has 0 amide bonds. The van der Waals surface area contributed by atoms with Crippen LogP contribution in [0, 0.1) is 0 Å². The van der Waals surface area contributed by atoms with Crippen LogP contribution in [0.3, 0.4) is 0 Å². The van der Waals surface area contributed by atoms with Gasteiger partial charge in [0.05, 0.1) is 10.2 Å². The molecule has 0 aliphatic rings. The van der Waals surface area contributed by atoms with Crippen molar-refractivity contribution in [3.8, 4) is 0 Å². The van der Waals surface area contributed by atoms with Gasteiger partial charge in [-0.15, -0.1) is 11.3 Å². The van der Waals surface area contributed by atoms with E-state index in [0.29, 0.717) is 5.92 Å². The molecule has 0 saturated carbocycles. The van der Waals surface area contributed by atoms with Gasteiger partial charge in [0.25, 0.3) is 0 Å². The normalized spacial score (nSPS) is 11.1. The van der Waals surface area contributed by atoms with E-state index in [2.05, 4.69) is 64.5 Å². The lowest BCUT2D eigenvalue weighted by molar-refractivity contribution is 0.784. The lowest BCUT2D eigenvalue weighted by atomic mass is 10.1. The molecule has 1 N–H and O–H groups in total. The Hall–Kier alpha value is -0.940. The van der Waals surface area contributed by atoms with E-state index in [4.69, 9.17) is 4.98 Å². The highest BCUT2D eigenvalue weighted by molar-refractivity contribution is 9.10. The first-order valence-corrected chi connectivity index (χ1v) is 8.61. The summed E-state index contributed by atoms with van der Waals surface area (Å²) >= 11 is 5.39. The first kappa shape index (κ1) is 15.4. The summed E-state index contributed by atoms with van der Waals surface area (Å²) in [5.74, 6) is 2.17. The SMILES string of the molecule is CCCNc1nc(Cc2cccs2)nc(C(C)C)c1Br. The maximum atomic E-state index is 4.72. The summed E-state index contributed by atoms with van der Waals surface area (Å²) in [6.45, 7) is 7.39. The number of hydrogen-bond donors (Lipinski definition) is 1. The van der Waals surface area contributed by atoms with Crippen molar-refractivity contribution in [3.63, 3.8) is 0 Å². The lowest BCUT2D eigenvalue weighted by Gasteiger charge is -2.14. The molecule has 0 aromatic carbocycles. The highest BCUT2D eigenvalue weighted by Crippen LogP contribution is 2.29. The van der Waals surface area contributed by atoms with Crippen LogP contribution >= 0.6 is 27.3 Å². The van der Waals surface area contributed by atoms with Crippen LogP contribution in [0.1, 0.15) is 49.5 Å². The molecule has 2 aromatic rings. The van der Waals surface area contributed by atoms with E-state index in [1.807, 2.05) is 0 Å². The van der Waals surface area contributed by atoms with Gasteiger partial charge in [0.1, 0.15) is 11.6 Å². The Morgan fingerprint density at radius 1 is 1.35 bits per heavy atom. The fraction of sp³-hybridized carbons (Fsp3) is 0.467. The first-order chi connectivity index (χ1) is 9.61. The first-order valence-electron chi connectivity index (χ1n) is 6.94. The van der Waals surface area contributed by atoms with Crippen molar-refractivity contribution in [2.45, 2.75) is 39.5 Å². The summed E-state index contributed by atoms with van der Waals surface area (Å²) in [6.07, 6.45) is 1.87. The van der Waals surface area contributed by atoms with Gasteiger partial charge < -0.3 is 5.32 Å². The van der Waals surface area contributed by atoms with Gasteiger partial charge in [-0.05, 0) is 39.7 Å². The molecule has 0 saturated heterocycles. The summed E-state index contributed by atoms with van der Waals surface area (Å²) in [5, 5.41) is 5.47. The largest absolute Gasteiger partial charge is 0.369 e. The minimum atomic E-state index is 0.372. The van der Waals surface area contributed by atoms with Crippen LogP contribution in [0.5, 0.6) is 0 Å². The monoisotopic (exact) mass is 353 g/mol. The van der Waals surface area contributed by atoms with Gasteiger partial charge in [-0.1, -0.05) is 26.8 Å². The average molecular weight is 354 g/mol. The van der Waals surface area contributed by atoms with Crippen LogP contribution in [0.4, 0.5) is 5.82 Å². The van der Waals surface area contributed by atoms with Crippen LogP contribution in [0.2, 0.25) is 0 Å². The number of hydrogen-bond acceptors (Lipinski definition) is 4. The van der Waals surface area contributed by atoms with Crippen LogP contribution in [-0.4, -0.2) is 16.5 Å². The number of aromatic nitrogens is 2. The van der Waals surface area contributed by atoms with Crippen molar-refractivity contribution in [1.29, 1.82) is 0 Å². The summed E-state index contributed by atoms with van der Waals surface area (Å²) in [7, 11) is 0. The Bertz CT molecular complexity index is 552. The molecule has 0 radical (unpaired) electrons. The topological polar surface area (TPSA) is 37.8 Å². The van der Waals surface area contributed by atoms with Crippen molar-refractivity contribution < 1.29 is 0 Å². The van der Waals surface area contributed by atoms with Gasteiger partial charge in [-0.2, -0.15) is 0 Å². The number of thiophene rings is 1. The standard InChI is InChI=1S/C15H20BrN3S/c1-4-7-17-15-13(16)14(10(2)3)18-12(19-15)9-11-6-5-8-20-11/h5-6,8,10H,4,7,9H2,1-3H3,(H,17,18,19). The number of halogens is 1. The molecule has 3 nitrogen and oxygen atoms in total. The molecular weight excluding hydrogens is 334 g/mol. The van der Waals surface area contributed by atoms with Gasteiger partial charge in [-0.3, -0.25) is 0 Å². The molecule has 5 heteroatoms. The zero-order valence-electron chi connectivity index (χ0n) is 12.1. The number of nitrogens with zero attached hydrogens (tertiary/aromatic N) is 2. The van der Waals surface area contributed by atoms with Crippen LogP contribution in [0.15, 0.2) is 22.0 Å². The third kappa shape index (κ3) is 3.79. The second-order valence-corrected chi connectivity index (χ2v) is 6.85. The molecule has 20 heavy (non-hydrogen) atoms. The Balaban J connectivity index is 2.33. The van der Waals surface area contributed by atoms with Crippen molar-refractivity contribution in [1.82, 2.24) is 9.97 Å². The average Bonchev–Trinajstić information content (AvgIpc) is 2.91. The predicted molar refractivity (Wildman–Crippen MR) is 89.7 cm³/mol. The minimum absolute atomic E-state index is 0.372.